The molecule has 1 atom stereocenters. The number of ether oxygens (including phenoxy) is 1. The molecular formula is C14H14BNO2WY-2. The van der Waals surface area contributed by atoms with Gasteiger partial charge in [0.1, 0.15) is 7.85 Å². The number of carbonyl (C=O) groups is 1. The fraction of sp³-hybridized carbons (Fsp3) is 0.357. The van der Waals surface area contributed by atoms with Crippen LogP contribution in [0.5, 0.6) is 0 Å². The number of aryl methyl sites for hydroxylation is 2. The maximum absolute atomic E-state index is 12.1. The Morgan fingerprint density at radius 3 is 2.55 bits per heavy atom. The molecule has 6 heteroatoms. The Balaban J connectivity index is 0.00000180. The predicted octanol–water partition coefficient (Wildman–Crippen LogP) is 1.27. The monoisotopic (exact) mass is 512 g/mol. The van der Waals surface area contributed by atoms with E-state index in [-0.39, 0.29) is 59.7 Å². The van der Waals surface area contributed by atoms with Gasteiger partial charge in [0.2, 0.25) is 0 Å². The van der Waals surface area contributed by atoms with E-state index in [9.17, 15) is 4.79 Å². The van der Waals surface area contributed by atoms with Crippen molar-refractivity contribution in [3.8, 4) is 0 Å². The first kappa shape index (κ1) is 20.1. The van der Waals surface area contributed by atoms with E-state index in [1.165, 1.54) is 7.11 Å². The third kappa shape index (κ3) is 3.64. The van der Waals surface area contributed by atoms with Crippen LogP contribution in [0.3, 0.4) is 0 Å². The van der Waals surface area contributed by atoms with Gasteiger partial charge in [-0.3, -0.25) is 22.5 Å². The summed E-state index contributed by atoms with van der Waals surface area (Å²) in [5.41, 5.74) is 1.95. The van der Waals surface area contributed by atoms with Gasteiger partial charge in [0.15, 0.2) is 5.91 Å². The second-order valence-corrected chi connectivity index (χ2v) is 4.66. The van der Waals surface area contributed by atoms with Crippen molar-refractivity contribution in [1.82, 2.24) is 5.32 Å². The zero-order chi connectivity index (χ0) is 13.5. The van der Waals surface area contributed by atoms with Crippen LogP contribution in [0.2, 0.25) is 0 Å². The van der Waals surface area contributed by atoms with Gasteiger partial charge in [0.25, 0.3) is 0 Å². The molecular weight excluding hydrogens is 498 g/mol. The first-order valence-electron chi connectivity index (χ1n) is 5.68. The zero-order valence-corrected chi connectivity index (χ0v) is 17.7. The average molecular weight is 512 g/mol. The summed E-state index contributed by atoms with van der Waals surface area (Å²) in [5.74, 6) is 0.208. The fourth-order valence-corrected chi connectivity index (χ4v) is 2.13. The minimum atomic E-state index is -0.977. The summed E-state index contributed by atoms with van der Waals surface area (Å²) >= 11 is 0. The Morgan fingerprint density at radius 2 is 2.00 bits per heavy atom. The number of amides is 1. The van der Waals surface area contributed by atoms with Gasteiger partial charge in [-0.2, -0.15) is 0 Å². The van der Waals surface area contributed by atoms with Crippen LogP contribution in [0.4, 0.5) is 0 Å². The van der Waals surface area contributed by atoms with Crippen LogP contribution >= 0.6 is 0 Å². The Kier molecular flexibility index (Phi) is 7.41. The predicted molar refractivity (Wildman–Crippen MR) is 69.8 cm³/mol. The molecule has 1 N–H and O–H groups in total. The topological polar surface area (TPSA) is 38.3 Å². The molecule has 1 aliphatic rings. The Labute approximate surface area is 160 Å². The summed E-state index contributed by atoms with van der Waals surface area (Å²) in [5, 5.41) is 2.70. The van der Waals surface area contributed by atoms with Gasteiger partial charge >= 0.3 is 0 Å². The summed E-state index contributed by atoms with van der Waals surface area (Å²) < 4.78 is 5.30. The van der Waals surface area contributed by atoms with Crippen molar-refractivity contribution in [1.29, 1.82) is 0 Å². The molecule has 1 unspecified atom stereocenters. The zero-order valence-electron chi connectivity index (χ0n) is 12.0. The van der Waals surface area contributed by atoms with E-state index in [4.69, 9.17) is 12.6 Å². The fourth-order valence-electron chi connectivity index (χ4n) is 2.13. The minimum absolute atomic E-state index is 0. The first-order chi connectivity index (χ1) is 8.36. The molecule has 0 saturated carbocycles. The molecule has 0 spiro atoms. The van der Waals surface area contributed by atoms with Gasteiger partial charge in [0.05, 0.1) is 7.11 Å². The SMILES string of the molecule is [B]C1(C)NC(=O)C(c2[c-]c(C)[c-]cc2C)=C1OC.[W].[Y]. The van der Waals surface area contributed by atoms with E-state index in [1.807, 2.05) is 19.9 Å². The molecule has 0 aliphatic carbocycles. The Morgan fingerprint density at radius 1 is 1.40 bits per heavy atom. The Bertz CT molecular complexity index is 558. The number of benzene rings is 1. The maximum Gasteiger partial charge on any atom is 0.171 e. The molecule has 0 saturated heterocycles. The van der Waals surface area contributed by atoms with Crippen molar-refractivity contribution < 1.29 is 63.3 Å². The molecule has 1 aliphatic heterocycles. The van der Waals surface area contributed by atoms with E-state index >= 15 is 0 Å². The standard InChI is InChI=1S/C14H14BNO2.W.Y/c1-8-5-6-9(2)10(7-8)11-12(18-4)14(3,15)16-13(11)17;;/h6H,1-4H3,(H,16,17);;/q-2;;. The van der Waals surface area contributed by atoms with Crippen LogP contribution in [0.15, 0.2) is 11.8 Å². The molecule has 2 rings (SSSR count). The molecule has 3 radical (unpaired) electrons. The number of nitrogens with one attached hydrogen (secondary N) is 1. The number of rotatable bonds is 2. The largest absolute Gasteiger partial charge is 0.517 e. The summed E-state index contributed by atoms with van der Waals surface area (Å²) in [4.78, 5) is 12.1. The van der Waals surface area contributed by atoms with Crippen molar-refractivity contribution >= 4 is 19.3 Å². The average Bonchev–Trinajstić information content (AvgIpc) is 2.51. The molecule has 1 aromatic carbocycles. The van der Waals surface area contributed by atoms with Crippen LogP contribution < -0.4 is 5.32 Å². The number of methoxy groups -OCH3 is 1. The number of hydrogen-bond donors (Lipinski definition) is 1. The smallest absolute Gasteiger partial charge is 0.171 e. The van der Waals surface area contributed by atoms with Gasteiger partial charge in [-0.1, -0.05) is 12.5 Å². The summed E-state index contributed by atoms with van der Waals surface area (Å²) in [7, 11) is 7.51. The molecule has 1 aromatic rings. The van der Waals surface area contributed by atoms with Crippen molar-refractivity contribution in [3.63, 3.8) is 0 Å². The van der Waals surface area contributed by atoms with Crippen molar-refractivity contribution in [3.05, 3.63) is 40.6 Å². The molecule has 0 fully saturated rings. The van der Waals surface area contributed by atoms with Gasteiger partial charge in [0, 0.05) is 65.0 Å². The molecule has 1 amide bonds. The molecule has 1 heterocycles. The van der Waals surface area contributed by atoms with Crippen LogP contribution in [-0.4, -0.2) is 26.3 Å². The van der Waals surface area contributed by atoms with Crippen LogP contribution in [-0.2, 0) is 63.3 Å². The van der Waals surface area contributed by atoms with E-state index in [0.29, 0.717) is 11.3 Å². The van der Waals surface area contributed by atoms with E-state index in [1.54, 1.807) is 6.92 Å². The third-order valence-corrected chi connectivity index (χ3v) is 2.97. The van der Waals surface area contributed by atoms with Crippen molar-refractivity contribution in [2.24, 2.45) is 0 Å². The second kappa shape index (κ2) is 7.38. The minimum Gasteiger partial charge on any atom is -0.517 e. The van der Waals surface area contributed by atoms with Crippen LogP contribution in [0, 0.1) is 26.0 Å². The van der Waals surface area contributed by atoms with E-state index < -0.39 is 5.44 Å². The van der Waals surface area contributed by atoms with E-state index in [0.717, 1.165) is 16.7 Å². The van der Waals surface area contributed by atoms with Gasteiger partial charge < -0.3 is 10.1 Å². The molecule has 0 bridgehead atoms. The van der Waals surface area contributed by atoms with Gasteiger partial charge in [-0.05, 0) is 6.92 Å². The normalized spacial score (nSPS) is 20.9. The van der Waals surface area contributed by atoms with Crippen molar-refractivity contribution in [2.45, 2.75) is 26.2 Å². The molecule has 3 nitrogen and oxygen atoms in total. The van der Waals surface area contributed by atoms with Gasteiger partial charge in [-0.25, -0.2) is 17.2 Å². The quantitative estimate of drug-likeness (QED) is 0.480. The van der Waals surface area contributed by atoms with Crippen LogP contribution in [0.25, 0.3) is 5.57 Å². The van der Waals surface area contributed by atoms with Crippen LogP contribution in [0.1, 0.15) is 23.6 Å². The second-order valence-electron chi connectivity index (χ2n) is 4.66. The Hall–Kier alpha value is 0.0871. The van der Waals surface area contributed by atoms with E-state index in [2.05, 4.69) is 17.4 Å². The third-order valence-electron chi connectivity index (χ3n) is 2.97. The number of hydrogen-bond acceptors (Lipinski definition) is 2. The summed E-state index contributed by atoms with van der Waals surface area (Å²) in [6, 6.07) is 8.02. The van der Waals surface area contributed by atoms with Crippen molar-refractivity contribution in [2.75, 3.05) is 7.11 Å². The summed E-state index contributed by atoms with van der Waals surface area (Å²) in [6.45, 7) is 5.49. The maximum atomic E-state index is 12.1. The van der Waals surface area contributed by atoms with Gasteiger partial charge in [-0.15, -0.1) is 6.92 Å². The molecule has 101 valence electrons. The summed E-state index contributed by atoms with van der Waals surface area (Å²) in [6.07, 6.45) is 0. The first-order valence-corrected chi connectivity index (χ1v) is 5.68. The molecule has 0 aromatic heterocycles. The molecule has 20 heavy (non-hydrogen) atoms. The number of carbonyl (C=O) groups excluding carboxylic acids is 1.